The number of rotatable bonds is 3. The van der Waals surface area contributed by atoms with Crippen molar-refractivity contribution in [1.82, 2.24) is 20.5 Å². The molecule has 1 aromatic heterocycles. The van der Waals surface area contributed by atoms with E-state index in [4.69, 9.17) is 5.73 Å². The summed E-state index contributed by atoms with van der Waals surface area (Å²) in [5.41, 5.74) is 5.78. The Morgan fingerprint density at radius 1 is 1.47 bits per heavy atom. The highest BCUT2D eigenvalue weighted by molar-refractivity contribution is 5.86. The van der Waals surface area contributed by atoms with Crippen LogP contribution in [0.1, 0.15) is 12.2 Å². The van der Waals surface area contributed by atoms with Crippen LogP contribution in [0.25, 0.3) is 0 Å². The second kappa shape index (κ2) is 9.47. The predicted molar refractivity (Wildman–Crippen MR) is 74.7 cm³/mol. The van der Waals surface area contributed by atoms with E-state index in [-0.39, 0.29) is 37.2 Å². The third-order valence-corrected chi connectivity index (χ3v) is 2.20. The van der Waals surface area contributed by atoms with Gasteiger partial charge in [0.2, 0.25) is 0 Å². The Hall–Kier alpha value is -0.560. The minimum absolute atomic E-state index is 0. The summed E-state index contributed by atoms with van der Waals surface area (Å²) in [5, 5.41) is 9.74. The first-order chi connectivity index (χ1) is 6.84. The van der Waals surface area contributed by atoms with Crippen LogP contribution in [0, 0.1) is 0 Å². The monoisotopic (exact) mass is 302 g/mol. The molecule has 1 aliphatic heterocycles. The number of aromatic amines is 1. The Morgan fingerprint density at radius 2 is 2.24 bits per heavy atom. The van der Waals surface area contributed by atoms with Crippen molar-refractivity contribution in [1.29, 1.82) is 0 Å². The molecule has 0 aromatic carbocycles. The van der Waals surface area contributed by atoms with Gasteiger partial charge in [-0.3, -0.25) is 10.1 Å². The topological polar surface area (TPSA) is 92.0 Å². The zero-order chi connectivity index (χ0) is 9.80. The minimum atomic E-state index is 0. The molecule has 0 aliphatic carbocycles. The Labute approximate surface area is 118 Å². The van der Waals surface area contributed by atoms with Gasteiger partial charge in [-0.15, -0.1) is 37.2 Å². The molecular formula is C8H17Cl3N6. The lowest BCUT2D eigenvalue weighted by Gasteiger charge is -2.03. The highest BCUT2D eigenvalue weighted by Crippen LogP contribution is 2.02. The molecule has 0 radical (unpaired) electrons. The maximum atomic E-state index is 5.78. The average Bonchev–Trinajstić information content (AvgIpc) is 2.76. The maximum Gasteiger partial charge on any atom is 0.137 e. The summed E-state index contributed by atoms with van der Waals surface area (Å²) in [5.74, 6) is 1.38. The van der Waals surface area contributed by atoms with E-state index in [1.807, 2.05) is 0 Å². The summed E-state index contributed by atoms with van der Waals surface area (Å²) in [4.78, 5) is 8.38. The molecule has 0 saturated carbocycles. The van der Waals surface area contributed by atoms with E-state index < -0.39 is 0 Å². The van der Waals surface area contributed by atoms with Gasteiger partial charge in [-0.2, -0.15) is 5.10 Å². The molecule has 0 spiro atoms. The Balaban J connectivity index is 0. The van der Waals surface area contributed by atoms with E-state index in [1.165, 1.54) is 6.33 Å². The van der Waals surface area contributed by atoms with Gasteiger partial charge in [-0.25, -0.2) is 4.98 Å². The largest absolute Gasteiger partial charge is 0.387 e. The number of nitrogens with two attached hydrogens (primary N) is 1. The molecule has 4 N–H and O–H groups in total. The van der Waals surface area contributed by atoms with E-state index in [0.717, 1.165) is 25.3 Å². The Bertz CT molecular complexity index is 309. The minimum Gasteiger partial charge on any atom is -0.387 e. The molecule has 1 aromatic rings. The molecule has 1 fully saturated rings. The maximum absolute atomic E-state index is 5.78. The van der Waals surface area contributed by atoms with Crippen LogP contribution in [0.4, 0.5) is 0 Å². The van der Waals surface area contributed by atoms with E-state index in [2.05, 4.69) is 25.5 Å². The molecule has 17 heavy (non-hydrogen) atoms. The summed E-state index contributed by atoms with van der Waals surface area (Å²) < 4.78 is 0. The molecule has 1 aliphatic rings. The fourth-order valence-electron chi connectivity index (χ4n) is 1.52. The second-order valence-corrected chi connectivity index (χ2v) is 3.38. The number of nitrogens with one attached hydrogen (secondary N) is 2. The van der Waals surface area contributed by atoms with Crippen molar-refractivity contribution >= 4 is 43.1 Å². The third kappa shape index (κ3) is 6.07. The van der Waals surface area contributed by atoms with E-state index >= 15 is 0 Å². The highest BCUT2D eigenvalue weighted by atomic mass is 35.5. The van der Waals surface area contributed by atoms with Gasteiger partial charge in [-0.1, -0.05) is 0 Å². The van der Waals surface area contributed by atoms with Crippen LogP contribution < -0.4 is 11.1 Å². The van der Waals surface area contributed by atoms with Gasteiger partial charge in [0.05, 0.1) is 12.5 Å². The molecule has 2 heterocycles. The standard InChI is InChI=1S/C8H14N6.3ClH/c9-7(3-8-11-5-12-14-8)13-6-1-2-10-4-6;;;/h5-6,10H,1-4H2,(H2,9,13)(H,11,12,14);3*1H. The van der Waals surface area contributed by atoms with Crippen molar-refractivity contribution in [2.75, 3.05) is 13.1 Å². The Morgan fingerprint density at radius 3 is 2.76 bits per heavy atom. The molecule has 1 atom stereocenters. The van der Waals surface area contributed by atoms with Crippen molar-refractivity contribution in [2.45, 2.75) is 18.9 Å². The number of aliphatic imine (C=N–C) groups is 1. The first kappa shape index (κ1) is 18.8. The normalized spacial score (nSPS) is 18.8. The highest BCUT2D eigenvalue weighted by Gasteiger charge is 2.13. The quantitative estimate of drug-likeness (QED) is 0.554. The number of halogens is 3. The SMILES string of the molecule is Cl.Cl.Cl.NC(Cc1ncn[nH]1)=NC1CCNC1. The molecule has 100 valence electrons. The van der Waals surface area contributed by atoms with Gasteiger partial charge in [-0.05, 0) is 13.0 Å². The van der Waals surface area contributed by atoms with Crippen LogP contribution in [0.3, 0.4) is 0 Å². The van der Waals surface area contributed by atoms with Crippen LogP contribution in [0.5, 0.6) is 0 Å². The molecule has 1 unspecified atom stereocenters. The van der Waals surface area contributed by atoms with Gasteiger partial charge >= 0.3 is 0 Å². The second-order valence-electron chi connectivity index (χ2n) is 3.38. The molecule has 0 amide bonds. The number of nitrogens with zero attached hydrogens (tertiary/aromatic N) is 3. The lowest BCUT2D eigenvalue weighted by atomic mass is 10.2. The first-order valence-corrected chi connectivity index (χ1v) is 4.71. The van der Waals surface area contributed by atoms with Crippen molar-refractivity contribution < 1.29 is 0 Å². The summed E-state index contributed by atoms with van der Waals surface area (Å²) in [6, 6.07) is 0.331. The fourth-order valence-corrected chi connectivity index (χ4v) is 1.52. The number of hydrogen-bond acceptors (Lipinski definition) is 4. The molecule has 0 bridgehead atoms. The van der Waals surface area contributed by atoms with Crippen LogP contribution in [-0.2, 0) is 6.42 Å². The molecule has 6 nitrogen and oxygen atoms in total. The van der Waals surface area contributed by atoms with Crippen LogP contribution in [0.15, 0.2) is 11.3 Å². The molecule has 2 rings (SSSR count). The lowest BCUT2D eigenvalue weighted by molar-refractivity contribution is 0.739. The summed E-state index contributed by atoms with van der Waals surface area (Å²) in [6.07, 6.45) is 3.09. The van der Waals surface area contributed by atoms with Crippen molar-refractivity contribution in [2.24, 2.45) is 10.7 Å². The summed E-state index contributed by atoms with van der Waals surface area (Å²) >= 11 is 0. The van der Waals surface area contributed by atoms with Crippen molar-refractivity contribution in [3.05, 3.63) is 12.2 Å². The molecular weight excluding hydrogens is 286 g/mol. The zero-order valence-electron chi connectivity index (χ0n) is 9.13. The van der Waals surface area contributed by atoms with Gasteiger partial charge in [0, 0.05) is 6.54 Å². The van der Waals surface area contributed by atoms with E-state index in [9.17, 15) is 0 Å². The Kier molecular flexibility index (Phi) is 10.5. The van der Waals surface area contributed by atoms with Gasteiger partial charge in [0.1, 0.15) is 18.0 Å². The smallest absolute Gasteiger partial charge is 0.137 e. The zero-order valence-corrected chi connectivity index (χ0v) is 11.6. The summed E-state index contributed by atoms with van der Waals surface area (Å²) in [6.45, 7) is 1.96. The van der Waals surface area contributed by atoms with Crippen molar-refractivity contribution in [3.63, 3.8) is 0 Å². The summed E-state index contributed by atoms with van der Waals surface area (Å²) in [7, 11) is 0. The van der Waals surface area contributed by atoms with Crippen LogP contribution in [-0.4, -0.2) is 40.1 Å². The number of H-pyrrole nitrogens is 1. The fraction of sp³-hybridized carbons (Fsp3) is 0.625. The molecule has 1 saturated heterocycles. The van der Waals surface area contributed by atoms with Gasteiger partial charge in [0.15, 0.2) is 0 Å². The van der Waals surface area contributed by atoms with E-state index in [0.29, 0.717) is 18.3 Å². The number of hydrogen-bond donors (Lipinski definition) is 3. The first-order valence-electron chi connectivity index (χ1n) is 4.71. The van der Waals surface area contributed by atoms with Gasteiger partial charge in [0.25, 0.3) is 0 Å². The molecule has 9 heteroatoms. The van der Waals surface area contributed by atoms with Crippen LogP contribution >= 0.6 is 37.2 Å². The predicted octanol–water partition coefficient (Wildman–Crippen LogP) is 0.332. The third-order valence-electron chi connectivity index (χ3n) is 2.20. The number of amidine groups is 1. The number of aromatic nitrogens is 3. The van der Waals surface area contributed by atoms with Crippen molar-refractivity contribution in [3.8, 4) is 0 Å². The average molecular weight is 304 g/mol. The van der Waals surface area contributed by atoms with E-state index in [1.54, 1.807) is 0 Å². The van der Waals surface area contributed by atoms with Crippen LogP contribution in [0.2, 0.25) is 0 Å². The lowest BCUT2D eigenvalue weighted by Crippen LogP contribution is -2.21. The van der Waals surface area contributed by atoms with Gasteiger partial charge < -0.3 is 11.1 Å².